The van der Waals surface area contributed by atoms with Crippen molar-refractivity contribution >= 4 is 16.9 Å². The molecule has 2 fully saturated rings. The van der Waals surface area contributed by atoms with Crippen molar-refractivity contribution in [1.82, 2.24) is 29.6 Å². The second-order valence-electron chi connectivity index (χ2n) is 9.12. The monoisotopic (exact) mass is 458 g/mol. The van der Waals surface area contributed by atoms with Crippen molar-refractivity contribution in [2.75, 3.05) is 13.1 Å². The maximum atomic E-state index is 15.3. The molecule has 1 atom stereocenters. The fourth-order valence-electron chi connectivity index (χ4n) is 4.77. The molecule has 172 valence electrons. The number of aromatic amines is 1. The van der Waals surface area contributed by atoms with E-state index in [0.29, 0.717) is 24.4 Å². The van der Waals surface area contributed by atoms with E-state index in [1.54, 1.807) is 24.5 Å². The molecule has 0 bridgehead atoms. The number of nitrogens with zero attached hydrogens (tertiary/aromatic N) is 5. The van der Waals surface area contributed by atoms with Crippen molar-refractivity contribution in [3.8, 4) is 16.8 Å². The molecule has 34 heavy (non-hydrogen) atoms. The molecule has 6 rings (SSSR count). The van der Waals surface area contributed by atoms with E-state index >= 15 is 4.39 Å². The highest BCUT2D eigenvalue weighted by atomic mass is 19.1. The molecule has 1 aliphatic carbocycles. The van der Waals surface area contributed by atoms with Gasteiger partial charge in [0.15, 0.2) is 0 Å². The first-order chi connectivity index (χ1) is 16.6. The van der Waals surface area contributed by atoms with Crippen LogP contribution in [0.5, 0.6) is 0 Å². The van der Waals surface area contributed by atoms with Gasteiger partial charge in [0, 0.05) is 37.8 Å². The van der Waals surface area contributed by atoms with Crippen molar-refractivity contribution < 1.29 is 9.18 Å². The zero-order chi connectivity index (χ0) is 23.2. The van der Waals surface area contributed by atoms with Gasteiger partial charge in [0.05, 0.1) is 16.7 Å². The van der Waals surface area contributed by atoms with Crippen LogP contribution in [0.1, 0.15) is 25.1 Å². The number of likely N-dealkylation sites (tertiary alicyclic amines) is 1. The van der Waals surface area contributed by atoms with Crippen LogP contribution in [0.2, 0.25) is 0 Å². The van der Waals surface area contributed by atoms with Crippen LogP contribution in [0.3, 0.4) is 0 Å². The van der Waals surface area contributed by atoms with Gasteiger partial charge >= 0.3 is 5.69 Å². The molecule has 8 nitrogen and oxygen atoms in total. The quantitative estimate of drug-likeness (QED) is 0.496. The summed E-state index contributed by atoms with van der Waals surface area (Å²) in [6.07, 6.45) is 6.57. The minimum atomic E-state index is -0.515. The minimum absolute atomic E-state index is 0.155. The average Bonchev–Trinajstić information content (AvgIpc) is 3.50. The Hall–Kier alpha value is -3.88. The SMILES string of the molecule is O=C(C1CC1)N1CCC(Cc2n[nH]c(=O)n2-c2ccc(-c3ccc4nccnc4c3)cc2F)C1. The number of amides is 1. The number of hydrogen-bond acceptors (Lipinski definition) is 5. The van der Waals surface area contributed by atoms with Crippen molar-refractivity contribution in [2.24, 2.45) is 11.8 Å². The van der Waals surface area contributed by atoms with Crippen LogP contribution < -0.4 is 5.69 Å². The molecule has 1 saturated heterocycles. The van der Waals surface area contributed by atoms with E-state index in [2.05, 4.69) is 20.2 Å². The van der Waals surface area contributed by atoms with Crippen LogP contribution in [0.15, 0.2) is 53.6 Å². The van der Waals surface area contributed by atoms with E-state index in [-0.39, 0.29) is 23.4 Å². The Morgan fingerprint density at radius 2 is 1.79 bits per heavy atom. The molecule has 9 heteroatoms. The molecule has 0 spiro atoms. The molecule has 2 aliphatic rings. The largest absolute Gasteiger partial charge is 0.348 e. The van der Waals surface area contributed by atoms with Crippen molar-refractivity contribution in [2.45, 2.75) is 25.7 Å². The summed E-state index contributed by atoms with van der Waals surface area (Å²) in [5.41, 5.74) is 2.65. The summed E-state index contributed by atoms with van der Waals surface area (Å²) < 4.78 is 16.6. The molecule has 2 aromatic carbocycles. The molecular formula is C25H23FN6O2. The number of carbonyl (C=O) groups excluding carboxylic acids is 1. The summed E-state index contributed by atoms with van der Waals surface area (Å²) in [6, 6.07) is 10.4. The smallest absolute Gasteiger partial charge is 0.342 e. The number of hydrogen-bond donors (Lipinski definition) is 1. The number of nitrogens with one attached hydrogen (secondary N) is 1. The number of H-pyrrole nitrogens is 1. The highest BCUT2D eigenvalue weighted by Gasteiger charge is 2.37. The normalized spacial score (nSPS) is 18.0. The number of benzene rings is 2. The van der Waals surface area contributed by atoms with E-state index in [1.807, 2.05) is 23.1 Å². The predicted octanol–water partition coefficient (Wildman–Crippen LogP) is 3.11. The Labute approximate surface area is 194 Å². The molecule has 1 aliphatic heterocycles. The summed E-state index contributed by atoms with van der Waals surface area (Å²) in [4.78, 5) is 35.4. The number of carbonyl (C=O) groups is 1. The highest BCUT2D eigenvalue weighted by molar-refractivity contribution is 5.82. The van der Waals surface area contributed by atoms with Gasteiger partial charge in [-0.05, 0) is 60.6 Å². The van der Waals surface area contributed by atoms with Crippen LogP contribution in [-0.4, -0.2) is 48.6 Å². The Bertz CT molecular complexity index is 1460. The topological polar surface area (TPSA) is 96.8 Å². The van der Waals surface area contributed by atoms with Crippen molar-refractivity contribution in [3.63, 3.8) is 0 Å². The maximum absolute atomic E-state index is 15.3. The first-order valence-corrected chi connectivity index (χ1v) is 11.5. The van der Waals surface area contributed by atoms with Crippen LogP contribution in [0.25, 0.3) is 27.8 Å². The summed E-state index contributed by atoms with van der Waals surface area (Å²) >= 11 is 0. The van der Waals surface area contributed by atoms with Crippen molar-refractivity contribution in [1.29, 1.82) is 0 Å². The number of rotatable bonds is 5. The van der Waals surface area contributed by atoms with Crippen molar-refractivity contribution in [3.05, 3.63) is 70.9 Å². The molecule has 1 amide bonds. The van der Waals surface area contributed by atoms with Crippen LogP contribution in [0.4, 0.5) is 4.39 Å². The standard InChI is InChI=1S/C25H23FN6O2/c26-19-12-17(18-3-5-20-21(13-18)28-9-8-27-20)4-6-22(19)32-23(29-30-25(32)34)11-15-7-10-31(14-15)24(33)16-1-2-16/h3-6,8-9,12-13,15-16H,1-2,7,10-11,14H2,(H,30,34). The second kappa shape index (κ2) is 8.16. The van der Waals surface area contributed by atoms with Gasteiger partial charge in [-0.2, -0.15) is 5.10 Å². The second-order valence-corrected chi connectivity index (χ2v) is 9.12. The Morgan fingerprint density at radius 1 is 1.03 bits per heavy atom. The van der Waals surface area contributed by atoms with Gasteiger partial charge in [0.1, 0.15) is 11.6 Å². The first-order valence-electron chi connectivity index (χ1n) is 11.5. The summed E-state index contributed by atoms with van der Waals surface area (Å²) in [7, 11) is 0. The van der Waals surface area contributed by atoms with Gasteiger partial charge in [0.2, 0.25) is 5.91 Å². The van der Waals surface area contributed by atoms with Crippen LogP contribution >= 0.6 is 0 Å². The number of fused-ring (bicyclic) bond motifs is 1. The molecule has 3 heterocycles. The third-order valence-corrected chi connectivity index (χ3v) is 6.73. The fourth-order valence-corrected chi connectivity index (χ4v) is 4.77. The average molecular weight is 458 g/mol. The van der Waals surface area contributed by atoms with Gasteiger partial charge in [0.25, 0.3) is 0 Å². The van der Waals surface area contributed by atoms with Gasteiger partial charge in [-0.15, -0.1) is 0 Å². The lowest BCUT2D eigenvalue weighted by molar-refractivity contribution is -0.131. The zero-order valence-electron chi connectivity index (χ0n) is 18.4. The molecule has 4 aromatic rings. The van der Waals surface area contributed by atoms with E-state index in [1.165, 1.54) is 10.6 Å². The van der Waals surface area contributed by atoms with Crippen LogP contribution in [-0.2, 0) is 11.2 Å². The van der Waals surface area contributed by atoms with Gasteiger partial charge < -0.3 is 4.90 Å². The Balaban J connectivity index is 1.26. The summed E-state index contributed by atoms with van der Waals surface area (Å²) in [6.45, 7) is 1.39. The van der Waals surface area contributed by atoms with E-state index in [9.17, 15) is 9.59 Å². The fraction of sp³-hybridized carbons (Fsp3) is 0.320. The summed E-state index contributed by atoms with van der Waals surface area (Å²) in [5, 5.41) is 6.63. The lowest BCUT2D eigenvalue weighted by Gasteiger charge is -2.16. The Kier molecular flexibility index (Phi) is 4.97. The molecule has 1 N–H and O–H groups in total. The Morgan fingerprint density at radius 3 is 2.59 bits per heavy atom. The molecule has 1 saturated carbocycles. The van der Waals surface area contributed by atoms with E-state index in [4.69, 9.17) is 0 Å². The highest BCUT2D eigenvalue weighted by Crippen LogP contribution is 2.33. The van der Waals surface area contributed by atoms with E-state index in [0.717, 1.165) is 42.4 Å². The predicted molar refractivity (Wildman–Crippen MR) is 124 cm³/mol. The number of aromatic nitrogens is 5. The third-order valence-electron chi connectivity index (χ3n) is 6.73. The maximum Gasteiger partial charge on any atom is 0.348 e. The minimum Gasteiger partial charge on any atom is -0.342 e. The summed E-state index contributed by atoms with van der Waals surface area (Å²) in [5.74, 6) is 0.590. The van der Waals surface area contributed by atoms with Gasteiger partial charge in [-0.3, -0.25) is 14.8 Å². The molecular weight excluding hydrogens is 435 g/mol. The molecule has 1 unspecified atom stereocenters. The third kappa shape index (κ3) is 3.76. The van der Waals surface area contributed by atoms with Gasteiger partial charge in [-0.25, -0.2) is 18.9 Å². The molecule has 2 aromatic heterocycles. The lowest BCUT2D eigenvalue weighted by Crippen LogP contribution is -2.30. The molecule has 0 radical (unpaired) electrons. The number of halogens is 1. The lowest BCUT2D eigenvalue weighted by atomic mass is 10.0. The van der Waals surface area contributed by atoms with Crippen LogP contribution in [0, 0.1) is 17.7 Å². The van der Waals surface area contributed by atoms with Gasteiger partial charge in [-0.1, -0.05) is 12.1 Å². The zero-order valence-corrected chi connectivity index (χ0v) is 18.4. The van der Waals surface area contributed by atoms with E-state index < -0.39 is 11.5 Å². The first kappa shape index (κ1) is 20.7.